The van der Waals surface area contributed by atoms with Gasteiger partial charge in [-0.1, -0.05) is 49.7 Å². The third-order valence-electron chi connectivity index (χ3n) is 4.79. The van der Waals surface area contributed by atoms with Gasteiger partial charge in [0.2, 0.25) is 0 Å². The highest BCUT2D eigenvalue weighted by atomic mass is 35.5. The Morgan fingerprint density at radius 1 is 1.16 bits per heavy atom. The number of carbonyl (C=O) groups is 1. The molecule has 4 aromatic rings. The van der Waals surface area contributed by atoms with Crippen molar-refractivity contribution in [3.05, 3.63) is 77.2 Å². The van der Waals surface area contributed by atoms with E-state index in [1.165, 1.54) is 0 Å². The van der Waals surface area contributed by atoms with E-state index in [0.29, 0.717) is 46.8 Å². The lowest BCUT2D eigenvalue weighted by Gasteiger charge is -2.11. The zero-order valence-corrected chi connectivity index (χ0v) is 18.8. The molecule has 0 radical (unpaired) electrons. The molecule has 0 saturated heterocycles. The minimum atomic E-state index is -0.261. The van der Waals surface area contributed by atoms with E-state index >= 15 is 0 Å². The van der Waals surface area contributed by atoms with Gasteiger partial charge in [-0.15, -0.1) is 0 Å². The van der Waals surface area contributed by atoms with E-state index in [1.807, 2.05) is 51.1 Å². The van der Waals surface area contributed by atoms with Crippen molar-refractivity contribution in [2.75, 3.05) is 6.54 Å². The van der Waals surface area contributed by atoms with Gasteiger partial charge in [0.25, 0.3) is 11.8 Å². The van der Waals surface area contributed by atoms with Gasteiger partial charge >= 0.3 is 0 Å². The van der Waals surface area contributed by atoms with Crippen molar-refractivity contribution in [2.45, 2.75) is 32.6 Å². The predicted octanol–water partition coefficient (Wildman–Crippen LogP) is 4.24. The summed E-state index contributed by atoms with van der Waals surface area (Å²) in [6, 6.07) is 11.2. The lowest BCUT2D eigenvalue weighted by atomic mass is 9.96. The molecule has 8 nitrogen and oxygen atoms in total. The van der Waals surface area contributed by atoms with Gasteiger partial charge < -0.3 is 9.84 Å². The van der Waals surface area contributed by atoms with Gasteiger partial charge in [-0.3, -0.25) is 9.36 Å². The maximum atomic E-state index is 12.5. The van der Waals surface area contributed by atoms with Gasteiger partial charge in [-0.05, 0) is 36.2 Å². The summed E-state index contributed by atoms with van der Waals surface area (Å²) >= 11 is 5.90. The first-order valence-electron chi connectivity index (χ1n) is 10.2. The molecule has 0 spiro atoms. The van der Waals surface area contributed by atoms with Crippen molar-refractivity contribution in [1.29, 1.82) is 0 Å². The monoisotopic (exact) mass is 450 g/mol. The van der Waals surface area contributed by atoms with Crippen LogP contribution >= 0.6 is 11.6 Å². The van der Waals surface area contributed by atoms with Crippen molar-refractivity contribution in [3.8, 4) is 17.3 Å². The molecule has 3 aromatic heterocycles. The fraction of sp³-hybridized carbons (Fsp3) is 0.261. The molecule has 9 heteroatoms. The summed E-state index contributed by atoms with van der Waals surface area (Å²) < 4.78 is 7.14. The summed E-state index contributed by atoms with van der Waals surface area (Å²) in [5, 5.41) is 7.66. The minimum Gasteiger partial charge on any atom is -0.350 e. The van der Waals surface area contributed by atoms with Crippen LogP contribution in [-0.4, -0.2) is 37.1 Å². The minimum absolute atomic E-state index is 0.240. The molecule has 0 unspecified atom stereocenters. The van der Waals surface area contributed by atoms with E-state index in [2.05, 4.69) is 25.4 Å². The number of hydrogen-bond acceptors (Lipinski definition) is 6. The molecular formula is C23H23ClN6O2. The van der Waals surface area contributed by atoms with Crippen LogP contribution in [0.5, 0.6) is 0 Å². The first-order chi connectivity index (χ1) is 15.3. The highest BCUT2D eigenvalue weighted by molar-refractivity contribution is 6.30. The quantitative estimate of drug-likeness (QED) is 0.471. The number of hydrogen-bond donors (Lipinski definition) is 1. The molecule has 4 rings (SSSR count). The molecular weight excluding hydrogens is 428 g/mol. The lowest BCUT2D eigenvalue weighted by molar-refractivity contribution is 0.0949. The molecule has 0 aliphatic rings. The fourth-order valence-electron chi connectivity index (χ4n) is 3.03. The molecule has 1 amide bonds. The van der Waals surface area contributed by atoms with Crippen LogP contribution in [0.3, 0.4) is 0 Å². The lowest BCUT2D eigenvalue weighted by Crippen LogP contribution is -2.26. The first-order valence-corrected chi connectivity index (χ1v) is 10.6. The number of nitrogens with zero attached hydrogens (tertiary/aromatic N) is 5. The molecule has 0 aliphatic carbocycles. The Kier molecular flexibility index (Phi) is 6.05. The number of benzene rings is 1. The molecule has 164 valence electrons. The second-order valence-corrected chi connectivity index (χ2v) is 8.78. The van der Waals surface area contributed by atoms with E-state index in [4.69, 9.17) is 16.1 Å². The van der Waals surface area contributed by atoms with Crippen LogP contribution in [-0.2, 0) is 11.8 Å². The maximum Gasteiger partial charge on any atom is 0.271 e. The molecule has 1 aromatic carbocycles. The summed E-state index contributed by atoms with van der Waals surface area (Å²) in [5.74, 6) is 1.25. The largest absolute Gasteiger partial charge is 0.350 e. The molecule has 32 heavy (non-hydrogen) atoms. The van der Waals surface area contributed by atoms with Gasteiger partial charge in [0.1, 0.15) is 12.0 Å². The predicted molar refractivity (Wildman–Crippen MR) is 121 cm³/mol. The molecule has 0 bridgehead atoms. The maximum absolute atomic E-state index is 12.5. The zero-order chi connectivity index (χ0) is 22.7. The molecule has 0 fully saturated rings. The van der Waals surface area contributed by atoms with E-state index in [-0.39, 0.29) is 11.3 Å². The Morgan fingerprint density at radius 2 is 1.94 bits per heavy atom. The highest BCUT2D eigenvalue weighted by Gasteiger charge is 2.23. The Hall–Kier alpha value is -3.52. The van der Waals surface area contributed by atoms with E-state index in [1.54, 1.807) is 29.4 Å². The van der Waals surface area contributed by atoms with Crippen LogP contribution in [0.1, 0.15) is 42.6 Å². The molecule has 0 atom stereocenters. The number of halogens is 1. The number of rotatable bonds is 6. The number of carbonyl (C=O) groups excluding carboxylic acids is 1. The van der Waals surface area contributed by atoms with Gasteiger partial charge in [-0.25, -0.2) is 9.97 Å². The Morgan fingerprint density at radius 3 is 2.66 bits per heavy atom. The van der Waals surface area contributed by atoms with Crippen LogP contribution < -0.4 is 5.32 Å². The summed E-state index contributed by atoms with van der Waals surface area (Å²) in [4.78, 5) is 25.7. The van der Waals surface area contributed by atoms with E-state index < -0.39 is 0 Å². The Bertz CT molecular complexity index is 1220. The summed E-state index contributed by atoms with van der Waals surface area (Å²) in [7, 11) is 0. The van der Waals surface area contributed by atoms with Crippen molar-refractivity contribution >= 4 is 17.5 Å². The van der Waals surface area contributed by atoms with Crippen molar-refractivity contribution < 1.29 is 9.32 Å². The second-order valence-electron chi connectivity index (χ2n) is 8.35. The summed E-state index contributed by atoms with van der Waals surface area (Å²) in [6.07, 6.45) is 5.53. The number of aromatic nitrogens is 5. The average molecular weight is 451 g/mol. The third-order valence-corrected chi connectivity index (χ3v) is 5.04. The van der Waals surface area contributed by atoms with Crippen LogP contribution in [0.15, 0.2) is 59.6 Å². The highest BCUT2D eigenvalue weighted by Crippen LogP contribution is 2.27. The molecule has 0 aliphatic heterocycles. The summed E-state index contributed by atoms with van der Waals surface area (Å²) in [5.41, 5.74) is 1.80. The number of nitrogens with one attached hydrogen (secondary N) is 1. The second kappa shape index (κ2) is 8.92. The SMILES string of the molecule is CC(C)(C)c1noc(-c2cccnc2-n2cnc(C(=O)NCCc3ccc(Cl)cc3)c2)n1. The van der Waals surface area contributed by atoms with Crippen LogP contribution in [0, 0.1) is 0 Å². The number of amides is 1. The fourth-order valence-corrected chi connectivity index (χ4v) is 3.15. The third kappa shape index (κ3) is 4.86. The number of imidazole rings is 1. The topological polar surface area (TPSA) is 98.7 Å². The Balaban J connectivity index is 1.48. The van der Waals surface area contributed by atoms with Crippen LogP contribution in [0.4, 0.5) is 0 Å². The van der Waals surface area contributed by atoms with Crippen LogP contribution in [0.25, 0.3) is 17.3 Å². The van der Waals surface area contributed by atoms with E-state index in [0.717, 1.165) is 5.56 Å². The smallest absolute Gasteiger partial charge is 0.271 e. The Labute approximate surface area is 190 Å². The van der Waals surface area contributed by atoms with Gasteiger partial charge in [0.05, 0.1) is 5.56 Å². The molecule has 3 heterocycles. The molecule has 1 N–H and O–H groups in total. The standard InChI is InChI=1S/C23H23ClN6O2/c1-23(2,3)22-28-21(32-29-22)17-5-4-11-25-19(17)30-13-18(27-14-30)20(31)26-12-10-15-6-8-16(24)9-7-15/h4-9,11,13-14H,10,12H2,1-3H3,(H,26,31). The van der Waals surface area contributed by atoms with Crippen LogP contribution in [0.2, 0.25) is 5.02 Å². The normalized spacial score (nSPS) is 11.5. The van der Waals surface area contributed by atoms with Gasteiger partial charge in [0, 0.05) is 29.4 Å². The van der Waals surface area contributed by atoms with Gasteiger partial charge in [-0.2, -0.15) is 4.98 Å². The first kappa shape index (κ1) is 21.7. The molecule has 0 saturated carbocycles. The van der Waals surface area contributed by atoms with Gasteiger partial charge in [0.15, 0.2) is 11.6 Å². The average Bonchev–Trinajstić information content (AvgIpc) is 3.45. The zero-order valence-electron chi connectivity index (χ0n) is 18.0. The number of pyridine rings is 1. The van der Waals surface area contributed by atoms with Crippen molar-refractivity contribution in [1.82, 2.24) is 30.0 Å². The summed E-state index contributed by atoms with van der Waals surface area (Å²) in [6.45, 7) is 6.53. The van der Waals surface area contributed by atoms with Crippen molar-refractivity contribution in [2.24, 2.45) is 0 Å². The van der Waals surface area contributed by atoms with Crippen molar-refractivity contribution in [3.63, 3.8) is 0 Å². The van der Waals surface area contributed by atoms with E-state index in [9.17, 15) is 4.79 Å².